The molecule has 1 saturated heterocycles. The van der Waals surface area contributed by atoms with Crippen molar-refractivity contribution in [3.63, 3.8) is 0 Å². The van der Waals surface area contributed by atoms with Crippen molar-refractivity contribution in [3.8, 4) is 0 Å². The summed E-state index contributed by atoms with van der Waals surface area (Å²) >= 11 is 0. The second-order valence-corrected chi connectivity index (χ2v) is 5.71. The van der Waals surface area contributed by atoms with E-state index in [2.05, 4.69) is 19.1 Å². The maximum atomic E-state index is 12.2. The monoisotopic (exact) mass is 276 g/mol. The minimum absolute atomic E-state index is 0.113. The van der Waals surface area contributed by atoms with Crippen molar-refractivity contribution in [1.29, 1.82) is 0 Å². The smallest absolute Gasteiger partial charge is 0.236 e. The second-order valence-electron chi connectivity index (χ2n) is 5.71. The summed E-state index contributed by atoms with van der Waals surface area (Å²) in [5.41, 5.74) is 2.39. The third-order valence-corrected chi connectivity index (χ3v) is 3.93. The molecule has 0 aliphatic carbocycles. The van der Waals surface area contributed by atoms with Gasteiger partial charge in [0.15, 0.2) is 0 Å². The fourth-order valence-electron chi connectivity index (χ4n) is 2.62. The van der Waals surface area contributed by atoms with Crippen LogP contribution in [0.25, 0.3) is 0 Å². The fourth-order valence-corrected chi connectivity index (χ4v) is 2.62. The molecule has 4 heteroatoms. The van der Waals surface area contributed by atoms with Crippen LogP contribution in [0.3, 0.4) is 0 Å². The molecule has 1 atom stereocenters. The summed E-state index contributed by atoms with van der Waals surface area (Å²) in [5, 5.41) is 9.64. The van der Waals surface area contributed by atoms with Gasteiger partial charge in [0.2, 0.25) is 5.91 Å². The SMILES string of the molecule is Cc1ccccc1CN(C)C(=O)CN1CCC[C@H](O)C1. The Balaban J connectivity index is 1.87. The summed E-state index contributed by atoms with van der Waals surface area (Å²) in [6.45, 7) is 4.63. The highest BCUT2D eigenvalue weighted by Crippen LogP contribution is 2.12. The summed E-state index contributed by atoms with van der Waals surface area (Å²) in [6.07, 6.45) is 1.54. The van der Waals surface area contributed by atoms with Gasteiger partial charge in [-0.3, -0.25) is 9.69 Å². The molecule has 4 nitrogen and oxygen atoms in total. The Morgan fingerprint density at radius 2 is 2.20 bits per heavy atom. The number of aliphatic hydroxyl groups is 1. The third kappa shape index (κ3) is 4.05. The van der Waals surface area contributed by atoms with Crippen molar-refractivity contribution in [2.45, 2.75) is 32.4 Å². The van der Waals surface area contributed by atoms with Gasteiger partial charge >= 0.3 is 0 Å². The molecule has 1 aliphatic rings. The Bertz CT molecular complexity index is 462. The van der Waals surface area contributed by atoms with E-state index in [1.807, 2.05) is 24.1 Å². The first-order valence-corrected chi connectivity index (χ1v) is 7.25. The molecule has 2 rings (SSSR count). The van der Waals surface area contributed by atoms with Crippen LogP contribution in [0, 0.1) is 6.92 Å². The van der Waals surface area contributed by atoms with E-state index in [4.69, 9.17) is 0 Å². The van der Waals surface area contributed by atoms with Crippen LogP contribution in [0.5, 0.6) is 0 Å². The van der Waals surface area contributed by atoms with Crippen molar-refractivity contribution in [1.82, 2.24) is 9.80 Å². The molecular weight excluding hydrogens is 252 g/mol. The zero-order valence-corrected chi connectivity index (χ0v) is 12.4. The van der Waals surface area contributed by atoms with Gasteiger partial charge in [-0.1, -0.05) is 24.3 Å². The van der Waals surface area contributed by atoms with E-state index in [1.54, 1.807) is 4.90 Å². The van der Waals surface area contributed by atoms with Crippen LogP contribution in [-0.4, -0.2) is 53.6 Å². The van der Waals surface area contributed by atoms with E-state index in [1.165, 1.54) is 11.1 Å². The van der Waals surface area contributed by atoms with Gasteiger partial charge in [0.25, 0.3) is 0 Å². The molecule has 110 valence electrons. The van der Waals surface area contributed by atoms with Crippen molar-refractivity contribution >= 4 is 5.91 Å². The molecule has 1 fully saturated rings. The van der Waals surface area contributed by atoms with Gasteiger partial charge in [-0.25, -0.2) is 0 Å². The zero-order chi connectivity index (χ0) is 14.5. The number of β-amino-alcohol motifs (C(OH)–C–C–N with tert-alkyl or cyclic N) is 1. The van der Waals surface area contributed by atoms with Gasteiger partial charge in [0, 0.05) is 20.1 Å². The van der Waals surface area contributed by atoms with Crippen LogP contribution < -0.4 is 0 Å². The maximum absolute atomic E-state index is 12.2. The highest BCUT2D eigenvalue weighted by atomic mass is 16.3. The molecule has 0 unspecified atom stereocenters. The molecule has 0 radical (unpaired) electrons. The van der Waals surface area contributed by atoms with Gasteiger partial charge in [-0.15, -0.1) is 0 Å². The number of aliphatic hydroxyl groups excluding tert-OH is 1. The van der Waals surface area contributed by atoms with Gasteiger partial charge in [0.1, 0.15) is 0 Å². The van der Waals surface area contributed by atoms with Crippen LogP contribution in [0.1, 0.15) is 24.0 Å². The molecule has 1 N–H and O–H groups in total. The molecule has 1 aromatic carbocycles. The number of carbonyl (C=O) groups is 1. The number of aryl methyl sites for hydroxylation is 1. The highest BCUT2D eigenvalue weighted by molar-refractivity contribution is 5.78. The molecular formula is C16H24N2O2. The Hall–Kier alpha value is -1.39. The lowest BCUT2D eigenvalue weighted by molar-refractivity contribution is -0.132. The predicted octanol–water partition coefficient (Wildman–Crippen LogP) is 1.41. The summed E-state index contributed by atoms with van der Waals surface area (Å²) in [6, 6.07) is 8.13. The Morgan fingerprint density at radius 1 is 1.45 bits per heavy atom. The van der Waals surface area contributed by atoms with Crippen LogP contribution in [0.15, 0.2) is 24.3 Å². The van der Waals surface area contributed by atoms with Gasteiger partial charge < -0.3 is 10.0 Å². The minimum Gasteiger partial charge on any atom is -0.392 e. The van der Waals surface area contributed by atoms with E-state index in [0.717, 1.165) is 19.4 Å². The standard InChI is InChI=1S/C16H24N2O2/c1-13-6-3-4-7-14(13)10-17(2)16(20)12-18-9-5-8-15(19)11-18/h3-4,6-7,15,19H,5,8-12H2,1-2H3/t15-/m0/s1. The average molecular weight is 276 g/mol. The zero-order valence-electron chi connectivity index (χ0n) is 12.4. The van der Waals surface area contributed by atoms with Crippen molar-refractivity contribution in [2.75, 3.05) is 26.7 Å². The number of rotatable bonds is 4. The van der Waals surface area contributed by atoms with Crippen LogP contribution in [-0.2, 0) is 11.3 Å². The number of benzene rings is 1. The maximum Gasteiger partial charge on any atom is 0.236 e. The van der Waals surface area contributed by atoms with Gasteiger partial charge in [-0.05, 0) is 37.4 Å². The molecule has 1 heterocycles. The number of hydrogen-bond acceptors (Lipinski definition) is 3. The van der Waals surface area contributed by atoms with Crippen molar-refractivity contribution < 1.29 is 9.90 Å². The molecule has 1 aliphatic heterocycles. The van der Waals surface area contributed by atoms with E-state index in [9.17, 15) is 9.90 Å². The van der Waals surface area contributed by atoms with Gasteiger partial charge in [-0.2, -0.15) is 0 Å². The number of hydrogen-bond donors (Lipinski definition) is 1. The van der Waals surface area contributed by atoms with Crippen molar-refractivity contribution in [2.24, 2.45) is 0 Å². The summed E-state index contributed by atoms with van der Waals surface area (Å²) in [4.78, 5) is 16.0. The predicted molar refractivity (Wildman–Crippen MR) is 79.3 cm³/mol. The summed E-state index contributed by atoms with van der Waals surface area (Å²) in [5.74, 6) is 0.113. The van der Waals surface area contributed by atoms with Crippen molar-refractivity contribution in [3.05, 3.63) is 35.4 Å². The number of likely N-dealkylation sites (tertiary alicyclic amines) is 1. The molecule has 0 aromatic heterocycles. The number of piperidine rings is 1. The molecule has 0 bridgehead atoms. The minimum atomic E-state index is -0.279. The van der Waals surface area contributed by atoms with E-state index >= 15 is 0 Å². The molecule has 20 heavy (non-hydrogen) atoms. The molecule has 1 amide bonds. The van der Waals surface area contributed by atoms with E-state index in [-0.39, 0.29) is 12.0 Å². The van der Waals surface area contributed by atoms with Crippen LogP contribution >= 0.6 is 0 Å². The molecule has 1 aromatic rings. The average Bonchev–Trinajstić information content (AvgIpc) is 2.41. The summed E-state index contributed by atoms with van der Waals surface area (Å²) in [7, 11) is 1.84. The van der Waals surface area contributed by atoms with E-state index < -0.39 is 0 Å². The normalized spacial score (nSPS) is 19.9. The van der Waals surface area contributed by atoms with Crippen LogP contribution in [0.2, 0.25) is 0 Å². The lowest BCUT2D eigenvalue weighted by Crippen LogP contribution is -2.44. The fraction of sp³-hybridized carbons (Fsp3) is 0.562. The summed E-state index contributed by atoms with van der Waals surface area (Å²) < 4.78 is 0. The second kappa shape index (κ2) is 6.86. The molecule has 0 saturated carbocycles. The van der Waals surface area contributed by atoms with Crippen LogP contribution in [0.4, 0.5) is 0 Å². The largest absolute Gasteiger partial charge is 0.392 e. The van der Waals surface area contributed by atoms with E-state index in [0.29, 0.717) is 19.6 Å². The Labute approximate surface area is 121 Å². The highest BCUT2D eigenvalue weighted by Gasteiger charge is 2.21. The Morgan fingerprint density at radius 3 is 2.90 bits per heavy atom. The lowest BCUT2D eigenvalue weighted by Gasteiger charge is -2.30. The first kappa shape index (κ1) is 15.0. The third-order valence-electron chi connectivity index (χ3n) is 3.93. The number of amides is 1. The number of likely N-dealkylation sites (N-methyl/N-ethyl adjacent to an activating group) is 1. The first-order valence-electron chi connectivity index (χ1n) is 7.25. The quantitative estimate of drug-likeness (QED) is 0.904. The topological polar surface area (TPSA) is 43.8 Å². The molecule has 0 spiro atoms. The van der Waals surface area contributed by atoms with Gasteiger partial charge in [0.05, 0.1) is 12.6 Å². The lowest BCUT2D eigenvalue weighted by atomic mass is 10.1. The number of carbonyl (C=O) groups excluding carboxylic acids is 1. The first-order chi connectivity index (χ1) is 9.56. The number of nitrogens with zero attached hydrogens (tertiary/aromatic N) is 2. The Kier molecular flexibility index (Phi) is 5.15.